The fourth-order valence-electron chi connectivity index (χ4n) is 2.97. The van der Waals surface area contributed by atoms with Gasteiger partial charge in [-0.2, -0.15) is 0 Å². The molecular formula is C18H17N5O2. The van der Waals surface area contributed by atoms with E-state index in [1.54, 1.807) is 13.1 Å². The Balaban J connectivity index is 1.79. The number of nitrogens with one attached hydrogen (secondary N) is 1. The number of aryl methyl sites for hydroxylation is 1. The van der Waals surface area contributed by atoms with Crippen LogP contribution in [0.1, 0.15) is 11.4 Å². The van der Waals surface area contributed by atoms with E-state index in [4.69, 9.17) is 0 Å². The molecule has 2 aromatic carbocycles. The van der Waals surface area contributed by atoms with Crippen LogP contribution >= 0.6 is 0 Å². The number of para-hydroxylation sites is 1. The van der Waals surface area contributed by atoms with E-state index in [9.17, 15) is 9.90 Å². The first kappa shape index (κ1) is 15.3. The Morgan fingerprint density at radius 3 is 2.80 bits per heavy atom. The van der Waals surface area contributed by atoms with Gasteiger partial charge >= 0.3 is 0 Å². The fourth-order valence-corrected chi connectivity index (χ4v) is 2.97. The second-order valence-corrected chi connectivity index (χ2v) is 5.85. The average Bonchev–Trinajstić information content (AvgIpc) is 3.09. The van der Waals surface area contributed by atoms with Crippen LogP contribution in [0.5, 0.6) is 0 Å². The molecular weight excluding hydrogens is 318 g/mol. The van der Waals surface area contributed by atoms with Crippen LogP contribution in [0.4, 0.5) is 5.69 Å². The molecule has 0 saturated carbocycles. The number of benzene rings is 2. The molecule has 0 aliphatic rings. The summed E-state index contributed by atoms with van der Waals surface area (Å²) in [5, 5.41) is 21.6. The van der Waals surface area contributed by atoms with E-state index in [0.717, 1.165) is 16.8 Å². The summed E-state index contributed by atoms with van der Waals surface area (Å²) in [6.45, 7) is 0.439. The number of hydrogen-bond acceptors (Lipinski definition) is 5. The van der Waals surface area contributed by atoms with Crippen molar-refractivity contribution in [2.75, 3.05) is 5.32 Å². The molecule has 0 saturated heterocycles. The Kier molecular flexibility index (Phi) is 3.70. The van der Waals surface area contributed by atoms with Gasteiger partial charge < -0.3 is 10.4 Å². The van der Waals surface area contributed by atoms with Gasteiger partial charge in [0, 0.05) is 12.7 Å². The molecule has 0 atom stereocenters. The third kappa shape index (κ3) is 2.54. The normalized spacial score (nSPS) is 11.3. The predicted octanol–water partition coefficient (Wildman–Crippen LogP) is 1.69. The number of hydrogen-bond donors (Lipinski definition) is 2. The Labute approximate surface area is 143 Å². The molecule has 2 aromatic heterocycles. The van der Waals surface area contributed by atoms with Gasteiger partial charge in [0.15, 0.2) is 5.82 Å². The fraction of sp³-hybridized carbons (Fsp3) is 0.167. The van der Waals surface area contributed by atoms with Crippen molar-refractivity contribution < 1.29 is 5.11 Å². The first-order chi connectivity index (χ1) is 12.2. The summed E-state index contributed by atoms with van der Waals surface area (Å²) in [7, 11) is 1.70. The van der Waals surface area contributed by atoms with Gasteiger partial charge in [-0.15, -0.1) is 10.2 Å². The molecule has 0 spiro atoms. The minimum Gasteiger partial charge on any atom is -0.392 e. The largest absolute Gasteiger partial charge is 0.392 e. The average molecular weight is 335 g/mol. The molecule has 7 nitrogen and oxygen atoms in total. The quantitative estimate of drug-likeness (QED) is 0.593. The molecule has 2 N–H and O–H groups in total. The molecule has 2 heterocycles. The van der Waals surface area contributed by atoms with E-state index in [1.165, 1.54) is 4.57 Å². The molecule has 0 unspecified atom stereocenters. The van der Waals surface area contributed by atoms with E-state index >= 15 is 0 Å². The van der Waals surface area contributed by atoms with Gasteiger partial charge in [0.05, 0.1) is 24.1 Å². The lowest BCUT2D eigenvalue weighted by Gasteiger charge is -2.09. The van der Waals surface area contributed by atoms with Gasteiger partial charge in [0.2, 0.25) is 5.78 Å². The van der Waals surface area contributed by atoms with Gasteiger partial charge in [-0.25, -0.2) is 0 Å². The van der Waals surface area contributed by atoms with Crippen LogP contribution in [0.2, 0.25) is 0 Å². The van der Waals surface area contributed by atoms with Gasteiger partial charge in [0.25, 0.3) is 5.56 Å². The molecule has 0 bridgehead atoms. The zero-order valence-corrected chi connectivity index (χ0v) is 13.7. The number of nitrogens with zero attached hydrogens (tertiary/aromatic N) is 4. The standard InChI is InChI=1S/C18H17N5O2/c1-22-17(25)14-7-2-3-8-15(14)23-16(20-21-18(22)23)10-19-13-6-4-5-12(9-13)11-24/h2-9,19,24H,10-11H2,1H3. The molecule has 4 aromatic rings. The summed E-state index contributed by atoms with van der Waals surface area (Å²) in [5.41, 5.74) is 2.42. The highest BCUT2D eigenvalue weighted by molar-refractivity contribution is 5.80. The minimum absolute atomic E-state index is 0.00384. The SMILES string of the molecule is Cn1c(=O)c2ccccc2n2c(CNc3cccc(CO)c3)nnc12. The van der Waals surface area contributed by atoms with Gasteiger partial charge in [-0.05, 0) is 29.8 Å². The lowest BCUT2D eigenvalue weighted by atomic mass is 10.2. The van der Waals surface area contributed by atoms with E-state index < -0.39 is 0 Å². The lowest BCUT2D eigenvalue weighted by Crippen LogP contribution is -2.20. The van der Waals surface area contributed by atoms with Crippen molar-refractivity contribution in [3.8, 4) is 0 Å². The number of fused-ring (bicyclic) bond motifs is 3. The van der Waals surface area contributed by atoms with E-state index in [-0.39, 0.29) is 12.2 Å². The van der Waals surface area contributed by atoms with Crippen molar-refractivity contribution in [2.24, 2.45) is 7.05 Å². The number of aromatic nitrogens is 4. The summed E-state index contributed by atoms with van der Waals surface area (Å²) in [5.74, 6) is 1.21. The smallest absolute Gasteiger partial charge is 0.262 e. The van der Waals surface area contributed by atoms with Crippen LogP contribution in [-0.4, -0.2) is 24.3 Å². The Morgan fingerprint density at radius 2 is 1.96 bits per heavy atom. The highest BCUT2D eigenvalue weighted by atomic mass is 16.3. The maximum absolute atomic E-state index is 12.4. The van der Waals surface area contributed by atoms with Crippen LogP contribution in [0.15, 0.2) is 53.3 Å². The van der Waals surface area contributed by atoms with Crippen molar-refractivity contribution in [1.29, 1.82) is 0 Å². The molecule has 25 heavy (non-hydrogen) atoms. The molecule has 0 radical (unpaired) electrons. The summed E-state index contributed by atoms with van der Waals surface area (Å²) < 4.78 is 3.39. The summed E-state index contributed by atoms with van der Waals surface area (Å²) in [6, 6.07) is 15.0. The predicted molar refractivity (Wildman–Crippen MR) is 95.4 cm³/mol. The maximum atomic E-state index is 12.4. The Hall–Kier alpha value is -3.19. The number of rotatable bonds is 4. The number of anilines is 1. The monoisotopic (exact) mass is 335 g/mol. The Bertz CT molecular complexity index is 1130. The Morgan fingerprint density at radius 1 is 1.12 bits per heavy atom. The van der Waals surface area contributed by atoms with Crippen LogP contribution < -0.4 is 10.9 Å². The van der Waals surface area contributed by atoms with Gasteiger partial charge in [-0.3, -0.25) is 13.8 Å². The summed E-state index contributed by atoms with van der Waals surface area (Å²) in [6.07, 6.45) is 0. The van der Waals surface area contributed by atoms with Crippen LogP contribution in [0.25, 0.3) is 16.7 Å². The van der Waals surface area contributed by atoms with Crippen molar-refractivity contribution >= 4 is 22.4 Å². The van der Waals surface area contributed by atoms with Crippen molar-refractivity contribution in [1.82, 2.24) is 19.2 Å². The van der Waals surface area contributed by atoms with E-state index in [2.05, 4.69) is 15.5 Å². The second-order valence-electron chi connectivity index (χ2n) is 5.85. The molecule has 4 rings (SSSR count). The van der Waals surface area contributed by atoms with Gasteiger partial charge in [-0.1, -0.05) is 24.3 Å². The molecule has 0 fully saturated rings. The number of aliphatic hydroxyl groups is 1. The molecule has 0 aliphatic carbocycles. The second kappa shape index (κ2) is 6.03. The summed E-state index contributed by atoms with van der Waals surface area (Å²) >= 11 is 0. The zero-order chi connectivity index (χ0) is 17.4. The third-order valence-electron chi connectivity index (χ3n) is 4.25. The highest BCUT2D eigenvalue weighted by Gasteiger charge is 2.14. The number of aliphatic hydroxyl groups excluding tert-OH is 1. The minimum atomic E-state index is -0.0920. The first-order valence-corrected chi connectivity index (χ1v) is 7.94. The van der Waals surface area contributed by atoms with E-state index in [1.807, 2.05) is 46.9 Å². The molecule has 126 valence electrons. The lowest BCUT2D eigenvalue weighted by molar-refractivity contribution is 0.282. The molecule has 0 aliphatic heterocycles. The van der Waals surface area contributed by atoms with Crippen LogP contribution in [-0.2, 0) is 20.2 Å². The highest BCUT2D eigenvalue weighted by Crippen LogP contribution is 2.16. The van der Waals surface area contributed by atoms with Crippen LogP contribution in [0, 0.1) is 0 Å². The maximum Gasteiger partial charge on any atom is 0.262 e. The van der Waals surface area contributed by atoms with Crippen molar-refractivity contribution in [3.63, 3.8) is 0 Å². The van der Waals surface area contributed by atoms with Crippen molar-refractivity contribution in [3.05, 3.63) is 70.3 Å². The third-order valence-corrected chi connectivity index (χ3v) is 4.25. The van der Waals surface area contributed by atoms with E-state index in [0.29, 0.717) is 23.5 Å². The zero-order valence-electron chi connectivity index (χ0n) is 13.7. The van der Waals surface area contributed by atoms with Crippen LogP contribution in [0.3, 0.4) is 0 Å². The molecule has 7 heteroatoms. The first-order valence-electron chi connectivity index (χ1n) is 7.94. The van der Waals surface area contributed by atoms with Crippen molar-refractivity contribution in [2.45, 2.75) is 13.2 Å². The molecule has 0 amide bonds. The summed E-state index contributed by atoms with van der Waals surface area (Å²) in [4.78, 5) is 12.4. The van der Waals surface area contributed by atoms with Gasteiger partial charge in [0.1, 0.15) is 0 Å². The topological polar surface area (TPSA) is 84.5 Å².